The zero-order valence-electron chi connectivity index (χ0n) is 11.6. The Hall–Kier alpha value is -2.55. The Morgan fingerprint density at radius 3 is 2.43 bits per heavy atom. The maximum atomic E-state index is 11.9. The zero-order chi connectivity index (χ0) is 15.3. The average Bonchev–Trinajstić information content (AvgIpc) is 2.43. The Bertz CT molecular complexity index is 571. The number of aliphatic carboxylic acids is 1. The lowest BCUT2D eigenvalue weighted by Gasteiger charge is -2.41. The highest BCUT2D eigenvalue weighted by Gasteiger charge is 2.40. The molecule has 1 saturated carbocycles. The maximum absolute atomic E-state index is 11.9. The predicted molar refractivity (Wildman–Crippen MR) is 75.4 cm³/mol. The monoisotopic (exact) mass is 287 g/mol. The molecule has 1 aromatic rings. The molecule has 0 heterocycles. The Balaban J connectivity index is 1.84. The Labute approximate surface area is 122 Å². The molecule has 110 valence electrons. The quantitative estimate of drug-likeness (QED) is 0.767. The number of carbonyl (C=O) groups is 2. The highest BCUT2D eigenvalue weighted by Crippen LogP contribution is 2.34. The number of nitrogens with zero attached hydrogens (tertiary/aromatic N) is 1. The fourth-order valence-corrected chi connectivity index (χ4v) is 2.40. The van der Waals surface area contributed by atoms with Gasteiger partial charge in [-0.2, -0.15) is 5.26 Å². The van der Waals surface area contributed by atoms with E-state index in [9.17, 15) is 9.59 Å². The number of hydrogen-bond acceptors (Lipinski definition) is 3. The van der Waals surface area contributed by atoms with Crippen LogP contribution in [0.5, 0.6) is 0 Å². The molecule has 1 fully saturated rings. The van der Waals surface area contributed by atoms with Gasteiger partial charge in [-0.15, -0.1) is 0 Å². The predicted octanol–water partition coefficient (Wildman–Crippen LogP) is 1.75. The summed E-state index contributed by atoms with van der Waals surface area (Å²) in [5, 5.41) is 23.1. The van der Waals surface area contributed by atoms with Crippen molar-refractivity contribution in [3.05, 3.63) is 35.4 Å². The number of carboxylic acid groups (broad SMARTS) is 1. The van der Waals surface area contributed by atoms with Gasteiger partial charge in [0.1, 0.15) is 0 Å². The Morgan fingerprint density at radius 2 is 1.95 bits per heavy atom. The molecular weight excluding hydrogens is 270 g/mol. The van der Waals surface area contributed by atoms with Crippen molar-refractivity contribution in [3.8, 4) is 6.07 Å². The molecule has 3 N–H and O–H groups in total. The summed E-state index contributed by atoms with van der Waals surface area (Å²) >= 11 is 0. The van der Waals surface area contributed by atoms with Crippen molar-refractivity contribution in [2.45, 2.75) is 37.8 Å². The van der Waals surface area contributed by atoms with Crippen molar-refractivity contribution in [1.82, 2.24) is 10.6 Å². The van der Waals surface area contributed by atoms with Crippen LogP contribution in [-0.2, 0) is 11.3 Å². The van der Waals surface area contributed by atoms with Gasteiger partial charge in [-0.25, -0.2) is 4.79 Å². The molecule has 6 heteroatoms. The van der Waals surface area contributed by atoms with Crippen LogP contribution in [0.1, 0.15) is 36.8 Å². The summed E-state index contributed by atoms with van der Waals surface area (Å²) in [6.07, 6.45) is 2.29. The minimum Gasteiger partial charge on any atom is -0.481 e. The van der Waals surface area contributed by atoms with Crippen LogP contribution in [0, 0.1) is 11.3 Å². The molecule has 21 heavy (non-hydrogen) atoms. The molecule has 2 rings (SSSR count). The summed E-state index contributed by atoms with van der Waals surface area (Å²) < 4.78 is 0. The molecular formula is C15H17N3O3. The van der Waals surface area contributed by atoms with Crippen LogP contribution < -0.4 is 10.6 Å². The van der Waals surface area contributed by atoms with E-state index >= 15 is 0 Å². The summed E-state index contributed by atoms with van der Waals surface area (Å²) in [4.78, 5) is 22.7. The van der Waals surface area contributed by atoms with E-state index in [-0.39, 0.29) is 12.5 Å². The van der Waals surface area contributed by atoms with Crippen LogP contribution in [0.25, 0.3) is 0 Å². The second-order valence-electron chi connectivity index (χ2n) is 5.32. The third kappa shape index (κ3) is 3.96. The van der Waals surface area contributed by atoms with Gasteiger partial charge >= 0.3 is 12.0 Å². The zero-order valence-corrected chi connectivity index (χ0v) is 11.6. The van der Waals surface area contributed by atoms with Crippen molar-refractivity contribution >= 4 is 12.0 Å². The highest BCUT2D eigenvalue weighted by atomic mass is 16.4. The number of amides is 2. The number of carboxylic acids is 1. The SMILES string of the molecule is N#Cc1ccc(CNC(=O)NC2(CC(=O)O)CCC2)cc1. The topological polar surface area (TPSA) is 102 Å². The van der Waals surface area contributed by atoms with E-state index < -0.39 is 11.5 Å². The first-order valence-electron chi connectivity index (χ1n) is 6.80. The number of urea groups is 1. The van der Waals surface area contributed by atoms with Crippen molar-refractivity contribution in [3.63, 3.8) is 0 Å². The maximum Gasteiger partial charge on any atom is 0.315 e. The van der Waals surface area contributed by atoms with Crippen LogP contribution >= 0.6 is 0 Å². The number of nitrogens with one attached hydrogen (secondary N) is 2. The van der Waals surface area contributed by atoms with E-state index in [2.05, 4.69) is 10.6 Å². The first-order chi connectivity index (χ1) is 10.0. The summed E-state index contributed by atoms with van der Waals surface area (Å²) in [6.45, 7) is 0.334. The van der Waals surface area contributed by atoms with Crippen LogP contribution in [-0.4, -0.2) is 22.6 Å². The van der Waals surface area contributed by atoms with Crippen LogP contribution in [0.4, 0.5) is 4.79 Å². The lowest BCUT2D eigenvalue weighted by Crippen LogP contribution is -2.57. The van der Waals surface area contributed by atoms with Gasteiger partial charge in [-0.3, -0.25) is 4.79 Å². The fraction of sp³-hybridized carbons (Fsp3) is 0.400. The average molecular weight is 287 g/mol. The molecule has 1 aromatic carbocycles. The van der Waals surface area contributed by atoms with E-state index in [0.29, 0.717) is 24.9 Å². The molecule has 0 bridgehead atoms. The molecule has 0 aliphatic heterocycles. The minimum atomic E-state index is -0.901. The van der Waals surface area contributed by atoms with Crippen molar-refractivity contribution in [2.75, 3.05) is 0 Å². The van der Waals surface area contributed by atoms with Gasteiger partial charge in [-0.05, 0) is 37.0 Å². The minimum absolute atomic E-state index is 0.0444. The third-order valence-corrected chi connectivity index (χ3v) is 3.72. The van der Waals surface area contributed by atoms with Gasteiger partial charge in [0, 0.05) is 6.54 Å². The largest absolute Gasteiger partial charge is 0.481 e. The smallest absolute Gasteiger partial charge is 0.315 e. The standard InChI is InChI=1S/C15H17N3O3/c16-9-11-2-4-12(5-3-11)10-17-14(21)18-15(6-1-7-15)8-13(19)20/h2-5H,1,6-8,10H2,(H,19,20)(H2,17,18,21). The first-order valence-corrected chi connectivity index (χ1v) is 6.80. The first kappa shape index (κ1) is 14.9. The summed E-state index contributed by atoms with van der Waals surface area (Å²) in [5.41, 5.74) is 0.851. The Morgan fingerprint density at radius 1 is 1.29 bits per heavy atom. The molecule has 0 spiro atoms. The van der Waals surface area contributed by atoms with E-state index in [1.165, 1.54) is 0 Å². The van der Waals surface area contributed by atoms with Crippen molar-refractivity contribution in [2.24, 2.45) is 0 Å². The second-order valence-corrected chi connectivity index (χ2v) is 5.32. The third-order valence-electron chi connectivity index (χ3n) is 3.72. The van der Waals surface area contributed by atoms with Crippen LogP contribution in [0.2, 0.25) is 0 Å². The number of nitriles is 1. The highest BCUT2D eigenvalue weighted by molar-refractivity contribution is 5.77. The molecule has 0 saturated heterocycles. The Kier molecular flexibility index (Phi) is 4.43. The number of rotatable bonds is 5. The van der Waals surface area contributed by atoms with Crippen LogP contribution in [0.15, 0.2) is 24.3 Å². The second kappa shape index (κ2) is 6.27. The van der Waals surface area contributed by atoms with Gasteiger partial charge in [0.05, 0.1) is 23.6 Å². The van der Waals surface area contributed by atoms with Gasteiger partial charge < -0.3 is 15.7 Å². The van der Waals surface area contributed by atoms with Gasteiger partial charge in [-0.1, -0.05) is 12.1 Å². The summed E-state index contributed by atoms with van der Waals surface area (Å²) in [5.74, 6) is -0.901. The molecule has 0 atom stereocenters. The lowest BCUT2D eigenvalue weighted by molar-refractivity contribution is -0.139. The van der Waals surface area contributed by atoms with Gasteiger partial charge in [0.25, 0.3) is 0 Å². The molecule has 6 nitrogen and oxygen atoms in total. The van der Waals surface area contributed by atoms with E-state index in [1.807, 2.05) is 6.07 Å². The van der Waals surface area contributed by atoms with E-state index in [4.69, 9.17) is 10.4 Å². The van der Waals surface area contributed by atoms with E-state index in [1.54, 1.807) is 24.3 Å². The molecule has 0 aromatic heterocycles. The molecule has 1 aliphatic carbocycles. The number of carbonyl (C=O) groups excluding carboxylic acids is 1. The molecule has 0 radical (unpaired) electrons. The number of hydrogen-bond donors (Lipinski definition) is 3. The lowest BCUT2D eigenvalue weighted by atomic mass is 9.74. The van der Waals surface area contributed by atoms with Crippen molar-refractivity contribution < 1.29 is 14.7 Å². The number of benzene rings is 1. The summed E-state index contributed by atoms with van der Waals surface area (Å²) in [6, 6.07) is 8.59. The van der Waals surface area contributed by atoms with Crippen LogP contribution in [0.3, 0.4) is 0 Å². The fourth-order valence-electron chi connectivity index (χ4n) is 2.40. The molecule has 1 aliphatic rings. The van der Waals surface area contributed by atoms with E-state index in [0.717, 1.165) is 12.0 Å². The van der Waals surface area contributed by atoms with Gasteiger partial charge in [0.15, 0.2) is 0 Å². The summed E-state index contributed by atoms with van der Waals surface area (Å²) in [7, 11) is 0. The normalized spacial score (nSPS) is 15.4. The van der Waals surface area contributed by atoms with Gasteiger partial charge in [0.2, 0.25) is 0 Å². The molecule has 2 amide bonds. The molecule has 0 unspecified atom stereocenters. The van der Waals surface area contributed by atoms with Crippen molar-refractivity contribution in [1.29, 1.82) is 5.26 Å².